The Kier molecular flexibility index (Phi) is 4.91. The van der Waals surface area contributed by atoms with Gasteiger partial charge in [-0.3, -0.25) is 4.79 Å². The van der Waals surface area contributed by atoms with Crippen LogP contribution in [0.4, 0.5) is 13.2 Å². The average Bonchev–Trinajstić information content (AvgIpc) is 2.30. The van der Waals surface area contributed by atoms with Crippen LogP contribution in [0.2, 0.25) is 0 Å². The first-order chi connectivity index (χ1) is 8.86. The van der Waals surface area contributed by atoms with Gasteiger partial charge in [-0.1, -0.05) is 12.1 Å². The number of pyridine rings is 1. The molecule has 0 bridgehead atoms. The number of carbonyl (C=O) groups excluding carboxylic acids is 1. The highest BCUT2D eigenvalue weighted by Crippen LogP contribution is 2.27. The van der Waals surface area contributed by atoms with Crippen molar-refractivity contribution in [2.75, 3.05) is 6.61 Å². The van der Waals surface area contributed by atoms with Crippen LogP contribution in [0.15, 0.2) is 35.1 Å². The summed E-state index contributed by atoms with van der Waals surface area (Å²) in [7, 11) is 0. The second-order valence-corrected chi connectivity index (χ2v) is 3.51. The summed E-state index contributed by atoms with van der Waals surface area (Å²) in [6.45, 7) is 1.42. The predicted octanol–water partition coefficient (Wildman–Crippen LogP) is 1.99. The minimum atomic E-state index is -4.63. The third-order valence-corrected chi connectivity index (χ3v) is 2.17. The lowest BCUT2D eigenvalue weighted by Gasteiger charge is -2.13. The molecule has 0 saturated heterocycles. The molecule has 0 radical (unpaired) electrons. The molecule has 0 spiro atoms. The van der Waals surface area contributed by atoms with E-state index in [1.165, 1.54) is 0 Å². The van der Waals surface area contributed by atoms with Crippen molar-refractivity contribution in [3.63, 3.8) is 0 Å². The Hall–Kier alpha value is -2.05. The Morgan fingerprint density at radius 3 is 2.68 bits per heavy atom. The molecule has 1 aromatic heterocycles. The van der Waals surface area contributed by atoms with E-state index in [0.29, 0.717) is 4.57 Å². The van der Waals surface area contributed by atoms with Gasteiger partial charge in [-0.25, -0.2) is 4.79 Å². The van der Waals surface area contributed by atoms with Gasteiger partial charge in [-0.05, 0) is 13.0 Å². The lowest BCUT2D eigenvalue weighted by Crippen LogP contribution is -2.26. The molecular weight excluding hydrogens is 263 g/mol. The number of rotatable bonds is 4. The van der Waals surface area contributed by atoms with Gasteiger partial charge in [0.05, 0.1) is 6.61 Å². The number of aromatic nitrogens is 1. The van der Waals surface area contributed by atoms with E-state index in [-0.39, 0.29) is 13.2 Å². The number of nitrogens with zero attached hydrogens (tertiary/aromatic N) is 1. The predicted molar refractivity (Wildman–Crippen MR) is 61.5 cm³/mol. The first-order valence-corrected chi connectivity index (χ1v) is 5.46. The molecule has 0 aliphatic carbocycles. The van der Waals surface area contributed by atoms with Gasteiger partial charge in [0.1, 0.15) is 5.69 Å². The standard InChI is InChI=1S/C12H12F3NO3/c1-2-19-11(18)7-4-8-16-9(12(13,14)15)5-3-6-10(16)17/h3-7H,2,8H2,1H3/b7-4+. The molecule has 1 aromatic rings. The quantitative estimate of drug-likeness (QED) is 0.623. The van der Waals surface area contributed by atoms with Crippen LogP contribution in [-0.4, -0.2) is 17.1 Å². The van der Waals surface area contributed by atoms with Crippen LogP contribution in [0.25, 0.3) is 0 Å². The summed E-state index contributed by atoms with van der Waals surface area (Å²) < 4.78 is 43.1. The van der Waals surface area contributed by atoms with Crippen LogP contribution in [0.3, 0.4) is 0 Å². The molecule has 1 heterocycles. The van der Waals surface area contributed by atoms with Gasteiger partial charge in [-0.2, -0.15) is 13.2 Å². The summed E-state index contributed by atoms with van der Waals surface area (Å²) in [4.78, 5) is 22.4. The summed E-state index contributed by atoms with van der Waals surface area (Å²) in [5, 5.41) is 0. The first-order valence-electron chi connectivity index (χ1n) is 5.46. The van der Waals surface area contributed by atoms with E-state index in [2.05, 4.69) is 4.74 Å². The van der Waals surface area contributed by atoms with Gasteiger partial charge in [0.15, 0.2) is 0 Å². The van der Waals surface area contributed by atoms with E-state index in [1.54, 1.807) is 6.92 Å². The molecule has 0 aliphatic rings. The molecule has 0 N–H and O–H groups in total. The third-order valence-electron chi connectivity index (χ3n) is 2.17. The maximum atomic E-state index is 12.7. The average molecular weight is 275 g/mol. The monoisotopic (exact) mass is 275 g/mol. The van der Waals surface area contributed by atoms with Gasteiger partial charge >= 0.3 is 12.1 Å². The van der Waals surface area contributed by atoms with Crippen LogP contribution >= 0.6 is 0 Å². The van der Waals surface area contributed by atoms with Crippen molar-refractivity contribution in [3.8, 4) is 0 Å². The number of hydrogen-bond donors (Lipinski definition) is 0. The number of carbonyl (C=O) groups is 1. The molecule has 4 nitrogen and oxygen atoms in total. The topological polar surface area (TPSA) is 48.3 Å². The van der Waals surface area contributed by atoms with Crippen molar-refractivity contribution in [2.24, 2.45) is 0 Å². The third kappa shape index (κ3) is 4.27. The Labute approximate surface area is 107 Å². The molecule has 0 aliphatic heterocycles. The van der Waals surface area contributed by atoms with Crippen LogP contribution in [0, 0.1) is 0 Å². The fraction of sp³-hybridized carbons (Fsp3) is 0.333. The van der Waals surface area contributed by atoms with Crippen molar-refractivity contribution in [1.82, 2.24) is 4.57 Å². The second kappa shape index (κ2) is 6.21. The zero-order valence-corrected chi connectivity index (χ0v) is 10.1. The lowest BCUT2D eigenvalue weighted by atomic mass is 10.3. The van der Waals surface area contributed by atoms with Crippen molar-refractivity contribution in [1.29, 1.82) is 0 Å². The van der Waals surface area contributed by atoms with Crippen LogP contribution in [-0.2, 0) is 22.3 Å². The molecule has 19 heavy (non-hydrogen) atoms. The first kappa shape index (κ1) is 15.0. The Bertz CT molecular complexity index is 532. The van der Waals surface area contributed by atoms with E-state index in [0.717, 1.165) is 30.4 Å². The zero-order valence-electron chi connectivity index (χ0n) is 10.1. The molecule has 0 atom stereocenters. The number of hydrogen-bond acceptors (Lipinski definition) is 3. The van der Waals surface area contributed by atoms with Crippen LogP contribution in [0.5, 0.6) is 0 Å². The van der Waals surface area contributed by atoms with E-state index in [9.17, 15) is 22.8 Å². The lowest BCUT2D eigenvalue weighted by molar-refractivity contribution is -0.144. The Morgan fingerprint density at radius 1 is 1.42 bits per heavy atom. The molecule has 0 amide bonds. The minimum Gasteiger partial charge on any atom is -0.463 e. The molecular formula is C12H12F3NO3. The summed E-state index contributed by atoms with van der Waals surface area (Å²) >= 11 is 0. The number of ether oxygens (including phenoxy) is 1. The molecule has 0 unspecified atom stereocenters. The zero-order chi connectivity index (χ0) is 14.5. The van der Waals surface area contributed by atoms with E-state index in [4.69, 9.17) is 0 Å². The van der Waals surface area contributed by atoms with E-state index in [1.807, 2.05) is 0 Å². The van der Waals surface area contributed by atoms with Crippen molar-refractivity contribution in [2.45, 2.75) is 19.6 Å². The maximum Gasteiger partial charge on any atom is 0.431 e. The minimum absolute atomic E-state index is 0.169. The summed E-state index contributed by atoms with van der Waals surface area (Å²) in [5.41, 5.74) is -1.85. The number of allylic oxidation sites excluding steroid dienone is 1. The molecule has 1 rings (SSSR count). The molecule has 7 heteroatoms. The molecule has 0 aromatic carbocycles. The normalized spacial score (nSPS) is 11.8. The van der Waals surface area contributed by atoms with Crippen molar-refractivity contribution in [3.05, 3.63) is 46.4 Å². The van der Waals surface area contributed by atoms with Gasteiger partial charge < -0.3 is 9.30 Å². The van der Waals surface area contributed by atoms with Crippen molar-refractivity contribution >= 4 is 5.97 Å². The van der Waals surface area contributed by atoms with Gasteiger partial charge in [0.2, 0.25) is 0 Å². The van der Waals surface area contributed by atoms with Gasteiger partial charge in [0.25, 0.3) is 5.56 Å². The Morgan fingerprint density at radius 2 is 2.11 bits per heavy atom. The summed E-state index contributed by atoms with van der Waals surface area (Å²) in [6.07, 6.45) is -2.49. The SMILES string of the molecule is CCOC(=O)/C=C/Cn1c(C(F)(F)F)cccc1=O. The summed E-state index contributed by atoms with van der Waals surface area (Å²) in [5.74, 6) is -0.667. The smallest absolute Gasteiger partial charge is 0.431 e. The van der Waals surface area contributed by atoms with Crippen LogP contribution in [0.1, 0.15) is 12.6 Å². The molecule has 0 saturated carbocycles. The van der Waals surface area contributed by atoms with E-state index >= 15 is 0 Å². The van der Waals surface area contributed by atoms with Crippen molar-refractivity contribution < 1.29 is 22.7 Å². The molecule has 104 valence electrons. The summed E-state index contributed by atoms with van der Waals surface area (Å²) in [6, 6.07) is 2.86. The fourth-order valence-electron chi connectivity index (χ4n) is 1.40. The number of esters is 1. The highest BCUT2D eigenvalue weighted by atomic mass is 19.4. The largest absolute Gasteiger partial charge is 0.463 e. The molecule has 0 fully saturated rings. The highest BCUT2D eigenvalue weighted by Gasteiger charge is 2.33. The fourth-order valence-corrected chi connectivity index (χ4v) is 1.40. The maximum absolute atomic E-state index is 12.7. The number of alkyl halides is 3. The van der Waals surface area contributed by atoms with Gasteiger partial charge in [0, 0.05) is 18.7 Å². The second-order valence-electron chi connectivity index (χ2n) is 3.51. The number of halogens is 3. The Balaban J connectivity index is 2.95. The van der Waals surface area contributed by atoms with Gasteiger partial charge in [-0.15, -0.1) is 0 Å². The van der Waals surface area contributed by atoms with E-state index < -0.39 is 23.4 Å². The van der Waals surface area contributed by atoms with Crippen LogP contribution < -0.4 is 5.56 Å². The highest BCUT2D eigenvalue weighted by molar-refractivity contribution is 5.81.